The Balaban J connectivity index is 0.00000180. The van der Waals surface area contributed by atoms with Gasteiger partial charge in [-0.1, -0.05) is 13.8 Å². The predicted molar refractivity (Wildman–Crippen MR) is 72.9 cm³/mol. The van der Waals surface area contributed by atoms with Gasteiger partial charge in [-0.25, -0.2) is 4.79 Å². The molecule has 1 saturated heterocycles. The Bertz CT molecular complexity index is 476. The van der Waals surface area contributed by atoms with Gasteiger partial charge in [0.2, 0.25) is 0 Å². The third kappa shape index (κ3) is 3.04. The number of phenolic OH excluding ortho intramolecular Hbond substituents is 1. The van der Waals surface area contributed by atoms with Crippen molar-refractivity contribution in [2.45, 2.75) is 19.9 Å². The first-order valence-electron chi connectivity index (χ1n) is 5.74. The highest BCUT2D eigenvalue weighted by Gasteiger charge is 2.39. The molecule has 0 spiro atoms. The van der Waals surface area contributed by atoms with Gasteiger partial charge in [0.1, 0.15) is 18.1 Å². The van der Waals surface area contributed by atoms with Gasteiger partial charge in [-0.05, 0) is 12.1 Å². The van der Waals surface area contributed by atoms with Crippen LogP contribution in [-0.4, -0.2) is 24.9 Å². The molecule has 0 radical (unpaired) electrons. The van der Waals surface area contributed by atoms with Crippen LogP contribution in [0.5, 0.6) is 11.5 Å². The van der Waals surface area contributed by atoms with Gasteiger partial charge in [0.25, 0.3) is 0 Å². The topological polar surface area (TPSA) is 67.8 Å². The maximum Gasteiger partial charge on any atom is 0.407 e. The van der Waals surface area contributed by atoms with Crippen molar-refractivity contribution in [1.29, 1.82) is 0 Å². The van der Waals surface area contributed by atoms with E-state index in [1.165, 1.54) is 13.2 Å². The van der Waals surface area contributed by atoms with E-state index in [2.05, 4.69) is 5.32 Å². The van der Waals surface area contributed by atoms with Crippen molar-refractivity contribution in [2.24, 2.45) is 5.41 Å². The van der Waals surface area contributed by atoms with Crippen LogP contribution in [0.1, 0.15) is 25.5 Å². The predicted octanol–water partition coefficient (Wildman–Crippen LogP) is 2.63. The molecule has 1 amide bonds. The van der Waals surface area contributed by atoms with E-state index in [9.17, 15) is 9.90 Å². The molecule has 1 aliphatic heterocycles. The van der Waals surface area contributed by atoms with Crippen molar-refractivity contribution in [3.05, 3.63) is 23.8 Å². The van der Waals surface area contributed by atoms with Crippen molar-refractivity contribution in [3.8, 4) is 11.5 Å². The molecule has 0 aliphatic carbocycles. The van der Waals surface area contributed by atoms with Gasteiger partial charge in [0.15, 0.2) is 0 Å². The lowest BCUT2D eigenvalue weighted by atomic mass is 9.80. The number of benzene rings is 1. The molecule has 106 valence electrons. The van der Waals surface area contributed by atoms with Crippen LogP contribution in [0.2, 0.25) is 0 Å². The average Bonchev–Trinajstić information content (AvgIpc) is 2.32. The van der Waals surface area contributed by atoms with Crippen LogP contribution >= 0.6 is 12.4 Å². The number of carbonyl (C=O) groups excluding carboxylic acids is 1. The Morgan fingerprint density at radius 3 is 2.74 bits per heavy atom. The number of amides is 1. The Kier molecular flexibility index (Phi) is 4.52. The van der Waals surface area contributed by atoms with Gasteiger partial charge in [0.05, 0.1) is 13.2 Å². The fourth-order valence-corrected chi connectivity index (χ4v) is 2.08. The number of aromatic hydroxyl groups is 1. The van der Waals surface area contributed by atoms with Crippen LogP contribution < -0.4 is 10.1 Å². The average molecular weight is 288 g/mol. The molecular weight excluding hydrogens is 270 g/mol. The van der Waals surface area contributed by atoms with E-state index in [-0.39, 0.29) is 29.6 Å². The third-order valence-corrected chi connectivity index (χ3v) is 3.17. The molecule has 6 heteroatoms. The number of cyclic esters (lactones) is 1. The number of phenols is 1. The Morgan fingerprint density at radius 2 is 2.16 bits per heavy atom. The van der Waals surface area contributed by atoms with E-state index in [1.807, 2.05) is 13.8 Å². The molecule has 0 aromatic heterocycles. The molecule has 1 atom stereocenters. The SMILES string of the molecule is COc1ccc([C@H]2NC(=O)OCC2(C)C)c(O)c1.Cl. The summed E-state index contributed by atoms with van der Waals surface area (Å²) in [6.45, 7) is 4.26. The Hall–Kier alpha value is -1.62. The molecule has 1 aliphatic rings. The number of halogens is 1. The van der Waals surface area contributed by atoms with Crippen LogP contribution in [-0.2, 0) is 4.74 Å². The molecule has 1 aromatic carbocycles. The molecule has 2 rings (SSSR count). The van der Waals surface area contributed by atoms with Gasteiger partial charge in [-0.3, -0.25) is 0 Å². The molecule has 2 N–H and O–H groups in total. The molecule has 1 fully saturated rings. The van der Waals surface area contributed by atoms with E-state index in [4.69, 9.17) is 9.47 Å². The monoisotopic (exact) mass is 287 g/mol. The lowest BCUT2D eigenvalue weighted by molar-refractivity contribution is 0.0381. The lowest BCUT2D eigenvalue weighted by Gasteiger charge is -2.38. The van der Waals surface area contributed by atoms with Gasteiger partial charge < -0.3 is 19.9 Å². The second-order valence-electron chi connectivity index (χ2n) is 5.07. The van der Waals surface area contributed by atoms with Crippen molar-refractivity contribution < 1.29 is 19.4 Å². The highest BCUT2D eigenvalue weighted by molar-refractivity contribution is 5.85. The summed E-state index contributed by atoms with van der Waals surface area (Å²) in [5.74, 6) is 0.682. The van der Waals surface area contributed by atoms with Crippen LogP contribution in [0.4, 0.5) is 4.79 Å². The molecule has 19 heavy (non-hydrogen) atoms. The van der Waals surface area contributed by atoms with E-state index < -0.39 is 6.09 Å². The van der Waals surface area contributed by atoms with E-state index in [1.54, 1.807) is 12.1 Å². The molecule has 0 bridgehead atoms. The van der Waals surface area contributed by atoms with Crippen LogP contribution in [0, 0.1) is 5.41 Å². The number of methoxy groups -OCH3 is 1. The van der Waals surface area contributed by atoms with Gasteiger partial charge in [-0.15, -0.1) is 12.4 Å². The first-order chi connectivity index (χ1) is 8.44. The maximum atomic E-state index is 11.3. The van der Waals surface area contributed by atoms with Crippen molar-refractivity contribution in [3.63, 3.8) is 0 Å². The number of alkyl carbamates (subject to hydrolysis) is 1. The summed E-state index contributed by atoms with van der Waals surface area (Å²) in [6.07, 6.45) is -0.463. The molecule has 0 unspecified atom stereocenters. The van der Waals surface area contributed by atoms with Crippen LogP contribution in [0.15, 0.2) is 18.2 Å². The molecule has 1 aromatic rings. The maximum absolute atomic E-state index is 11.3. The van der Waals surface area contributed by atoms with Gasteiger partial charge in [-0.2, -0.15) is 0 Å². The number of carbonyl (C=O) groups is 1. The molecule has 1 heterocycles. The minimum atomic E-state index is -0.463. The highest BCUT2D eigenvalue weighted by atomic mass is 35.5. The fourth-order valence-electron chi connectivity index (χ4n) is 2.08. The smallest absolute Gasteiger partial charge is 0.407 e. The zero-order valence-corrected chi connectivity index (χ0v) is 11.9. The normalized spacial score (nSPS) is 20.8. The van der Waals surface area contributed by atoms with E-state index in [0.29, 0.717) is 17.9 Å². The lowest BCUT2D eigenvalue weighted by Crippen LogP contribution is -2.46. The van der Waals surface area contributed by atoms with Crippen LogP contribution in [0.3, 0.4) is 0 Å². The summed E-state index contributed by atoms with van der Waals surface area (Å²) in [7, 11) is 1.54. The summed E-state index contributed by atoms with van der Waals surface area (Å²) in [5.41, 5.74) is 0.373. The summed E-state index contributed by atoms with van der Waals surface area (Å²) in [5, 5.41) is 12.8. The van der Waals surface area contributed by atoms with Crippen molar-refractivity contribution in [1.82, 2.24) is 5.32 Å². The third-order valence-electron chi connectivity index (χ3n) is 3.17. The summed E-state index contributed by atoms with van der Waals surface area (Å²) in [4.78, 5) is 11.3. The molecule has 5 nitrogen and oxygen atoms in total. The minimum Gasteiger partial charge on any atom is -0.507 e. The van der Waals surface area contributed by atoms with Crippen molar-refractivity contribution >= 4 is 18.5 Å². The number of rotatable bonds is 2. The summed E-state index contributed by atoms with van der Waals surface area (Å²) >= 11 is 0. The minimum absolute atomic E-state index is 0. The summed E-state index contributed by atoms with van der Waals surface area (Å²) < 4.78 is 10.0. The number of hydrogen-bond acceptors (Lipinski definition) is 4. The zero-order valence-electron chi connectivity index (χ0n) is 11.1. The second-order valence-corrected chi connectivity index (χ2v) is 5.07. The Morgan fingerprint density at radius 1 is 1.47 bits per heavy atom. The molecular formula is C13H18ClNO4. The van der Waals surface area contributed by atoms with Crippen LogP contribution in [0.25, 0.3) is 0 Å². The highest BCUT2D eigenvalue weighted by Crippen LogP contribution is 2.40. The fraction of sp³-hybridized carbons (Fsp3) is 0.462. The first kappa shape index (κ1) is 15.4. The largest absolute Gasteiger partial charge is 0.507 e. The van der Waals surface area contributed by atoms with Crippen molar-refractivity contribution in [2.75, 3.05) is 13.7 Å². The first-order valence-corrected chi connectivity index (χ1v) is 5.74. The number of ether oxygens (including phenoxy) is 2. The standard InChI is InChI=1S/C13H17NO4.ClH/c1-13(2)7-18-12(16)14-11(13)9-5-4-8(17-3)6-10(9)15;/h4-6,11,15H,7H2,1-3H3,(H,14,16);1H/t11-;/m1./s1. The van der Waals surface area contributed by atoms with Gasteiger partial charge in [0, 0.05) is 17.0 Å². The zero-order chi connectivity index (χ0) is 13.3. The van der Waals surface area contributed by atoms with Gasteiger partial charge >= 0.3 is 6.09 Å². The second kappa shape index (κ2) is 5.57. The Labute approximate surface area is 118 Å². The van der Waals surface area contributed by atoms with E-state index >= 15 is 0 Å². The molecule has 0 saturated carbocycles. The number of hydrogen-bond donors (Lipinski definition) is 2. The summed E-state index contributed by atoms with van der Waals surface area (Å²) in [6, 6.07) is 4.76. The quantitative estimate of drug-likeness (QED) is 0.877. The number of nitrogens with one attached hydrogen (secondary N) is 1. The van der Waals surface area contributed by atoms with E-state index in [0.717, 1.165) is 0 Å².